The van der Waals surface area contributed by atoms with Gasteiger partial charge in [0.2, 0.25) is 0 Å². The SMILES string of the molecule is CN(C)CCCn1ccnc1[C@@H]1CCCN(C(=O)c2ccc(F)c(F)c2)C1. The zero-order valence-electron chi connectivity index (χ0n) is 15.9. The van der Waals surface area contributed by atoms with Crippen molar-refractivity contribution in [3.63, 3.8) is 0 Å². The number of amides is 1. The summed E-state index contributed by atoms with van der Waals surface area (Å²) < 4.78 is 28.8. The lowest BCUT2D eigenvalue weighted by molar-refractivity contribution is 0.0702. The Kier molecular flexibility index (Phi) is 6.21. The third kappa shape index (κ3) is 4.71. The fourth-order valence-corrected chi connectivity index (χ4v) is 3.61. The molecule has 2 heterocycles. The number of aryl methyl sites for hydroxylation is 1. The molecule has 0 bridgehead atoms. The lowest BCUT2D eigenvalue weighted by atomic mass is 9.96. The van der Waals surface area contributed by atoms with Gasteiger partial charge in [0, 0.05) is 43.5 Å². The van der Waals surface area contributed by atoms with Gasteiger partial charge in [0.05, 0.1) is 0 Å². The number of hydrogen-bond donors (Lipinski definition) is 0. The summed E-state index contributed by atoms with van der Waals surface area (Å²) in [5, 5.41) is 0. The lowest BCUT2D eigenvalue weighted by Gasteiger charge is -2.33. The van der Waals surface area contributed by atoms with Crippen molar-refractivity contribution in [2.24, 2.45) is 0 Å². The number of nitrogens with zero attached hydrogens (tertiary/aromatic N) is 4. The highest BCUT2D eigenvalue weighted by Gasteiger charge is 2.28. The Morgan fingerprint density at radius 3 is 2.85 bits per heavy atom. The van der Waals surface area contributed by atoms with E-state index >= 15 is 0 Å². The van der Waals surface area contributed by atoms with Gasteiger partial charge in [0.15, 0.2) is 11.6 Å². The molecule has 0 N–H and O–H groups in total. The van der Waals surface area contributed by atoms with Crippen LogP contribution in [0.5, 0.6) is 0 Å². The molecule has 146 valence electrons. The van der Waals surface area contributed by atoms with Crippen LogP contribution >= 0.6 is 0 Å². The molecule has 1 atom stereocenters. The normalized spacial score (nSPS) is 17.5. The van der Waals surface area contributed by atoms with E-state index < -0.39 is 11.6 Å². The average molecular weight is 376 g/mol. The van der Waals surface area contributed by atoms with Crippen molar-refractivity contribution in [3.05, 3.63) is 53.6 Å². The molecule has 5 nitrogen and oxygen atoms in total. The summed E-state index contributed by atoms with van der Waals surface area (Å²) in [7, 11) is 4.11. The maximum absolute atomic E-state index is 13.5. The molecule has 7 heteroatoms. The van der Waals surface area contributed by atoms with Crippen LogP contribution in [-0.4, -0.2) is 59.0 Å². The highest BCUT2D eigenvalue weighted by atomic mass is 19.2. The van der Waals surface area contributed by atoms with Crippen molar-refractivity contribution in [2.45, 2.75) is 31.7 Å². The minimum Gasteiger partial charge on any atom is -0.338 e. The van der Waals surface area contributed by atoms with Crippen molar-refractivity contribution < 1.29 is 13.6 Å². The van der Waals surface area contributed by atoms with Gasteiger partial charge in [-0.3, -0.25) is 4.79 Å². The molecule has 0 aliphatic carbocycles. The van der Waals surface area contributed by atoms with Gasteiger partial charge in [0.1, 0.15) is 5.82 Å². The summed E-state index contributed by atoms with van der Waals surface area (Å²) in [6.45, 7) is 3.06. The maximum atomic E-state index is 13.5. The maximum Gasteiger partial charge on any atom is 0.253 e. The van der Waals surface area contributed by atoms with Crippen LogP contribution in [0.1, 0.15) is 41.4 Å². The Labute approximate surface area is 158 Å². The van der Waals surface area contributed by atoms with Gasteiger partial charge in [-0.05, 0) is 58.1 Å². The first kappa shape index (κ1) is 19.5. The molecule has 0 unspecified atom stereocenters. The van der Waals surface area contributed by atoms with Crippen molar-refractivity contribution >= 4 is 5.91 Å². The number of likely N-dealkylation sites (tertiary alicyclic amines) is 1. The molecule has 3 rings (SSSR count). The zero-order valence-corrected chi connectivity index (χ0v) is 15.9. The minimum atomic E-state index is -0.995. The summed E-state index contributed by atoms with van der Waals surface area (Å²) in [4.78, 5) is 21.1. The molecule has 27 heavy (non-hydrogen) atoms. The molecule has 2 aromatic rings. The predicted octanol–water partition coefficient (Wildman–Crippen LogP) is 3.13. The number of imidazole rings is 1. The van der Waals surface area contributed by atoms with E-state index in [1.807, 2.05) is 6.20 Å². The summed E-state index contributed by atoms with van der Waals surface area (Å²) in [5.74, 6) is -1.04. The van der Waals surface area contributed by atoms with E-state index in [-0.39, 0.29) is 17.4 Å². The van der Waals surface area contributed by atoms with Crippen LogP contribution < -0.4 is 0 Å². The number of aromatic nitrogens is 2. The van der Waals surface area contributed by atoms with E-state index in [1.54, 1.807) is 11.1 Å². The number of halogens is 2. The highest BCUT2D eigenvalue weighted by Crippen LogP contribution is 2.27. The third-order valence-corrected chi connectivity index (χ3v) is 4.99. The van der Waals surface area contributed by atoms with Crippen molar-refractivity contribution in [1.82, 2.24) is 19.4 Å². The Bertz CT molecular complexity index is 790. The summed E-state index contributed by atoms with van der Waals surface area (Å²) >= 11 is 0. The fraction of sp³-hybridized carbons (Fsp3) is 0.500. The van der Waals surface area contributed by atoms with E-state index in [9.17, 15) is 13.6 Å². The molecule has 1 aliphatic heterocycles. The highest BCUT2D eigenvalue weighted by molar-refractivity contribution is 5.94. The van der Waals surface area contributed by atoms with Gasteiger partial charge in [-0.15, -0.1) is 0 Å². The molecule has 0 spiro atoms. The second-order valence-electron chi connectivity index (χ2n) is 7.35. The van der Waals surface area contributed by atoms with Crippen LogP contribution in [0.4, 0.5) is 8.78 Å². The molecular formula is C20H26F2N4O. The number of hydrogen-bond acceptors (Lipinski definition) is 3. The van der Waals surface area contributed by atoms with Gasteiger partial charge in [-0.1, -0.05) is 0 Å². The molecule has 1 fully saturated rings. The Morgan fingerprint density at radius 1 is 1.30 bits per heavy atom. The molecule has 1 aromatic heterocycles. The van der Waals surface area contributed by atoms with Crippen LogP contribution in [0.3, 0.4) is 0 Å². The largest absolute Gasteiger partial charge is 0.338 e. The summed E-state index contributed by atoms with van der Waals surface area (Å²) in [5.41, 5.74) is 0.184. The smallest absolute Gasteiger partial charge is 0.253 e. The van der Waals surface area contributed by atoms with E-state index in [1.165, 1.54) is 6.07 Å². The van der Waals surface area contributed by atoms with Crippen LogP contribution in [0.25, 0.3) is 0 Å². The molecule has 1 amide bonds. The average Bonchev–Trinajstić information content (AvgIpc) is 3.12. The number of benzene rings is 1. The lowest BCUT2D eigenvalue weighted by Crippen LogP contribution is -2.39. The van der Waals surface area contributed by atoms with E-state index in [0.717, 1.165) is 50.3 Å². The first-order valence-electron chi connectivity index (χ1n) is 9.36. The summed E-state index contributed by atoms with van der Waals surface area (Å²) in [6, 6.07) is 3.32. The number of rotatable bonds is 6. The van der Waals surface area contributed by atoms with E-state index in [0.29, 0.717) is 13.1 Å². The second kappa shape index (κ2) is 8.61. The van der Waals surface area contributed by atoms with Crippen LogP contribution in [-0.2, 0) is 6.54 Å². The third-order valence-electron chi connectivity index (χ3n) is 4.99. The molecule has 1 saturated heterocycles. The first-order chi connectivity index (χ1) is 13.0. The quantitative estimate of drug-likeness (QED) is 0.778. The minimum absolute atomic E-state index is 0.155. The predicted molar refractivity (Wildman–Crippen MR) is 99.6 cm³/mol. The van der Waals surface area contributed by atoms with Gasteiger partial charge >= 0.3 is 0 Å². The van der Waals surface area contributed by atoms with Gasteiger partial charge < -0.3 is 14.4 Å². The first-order valence-corrected chi connectivity index (χ1v) is 9.36. The Balaban J connectivity index is 1.68. The molecule has 1 aromatic carbocycles. The van der Waals surface area contributed by atoms with Crippen LogP contribution in [0, 0.1) is 11.6 Å². The Hall–Kier alpha value is -2.28. The molecule has 0 radical (unpaired) electrons. The number of piperidine rings is 1. The molecule has 1 aliphatic rings. The number of carbonyl (C=O) groups excluding carboxylic acids is 1. The fourth-order valence-electron chi connectivity index (χ4n) is 3.61. The van der Waals surface area contributed by atoms with Crippen molar-refractivity contribution in [3.8, 4) is 0 Å². The molecular weight excluding hydrogens is 350 g/mol. The van der Waals surface area contributed by atoms with E-state index in [4.69, 9.17) is 0 Å². The number of carbonyl (C=O) groups is 1. The van der Waals surface area contributed by atoms with Crippen LogP contribution in [0.15, 0.2) is 30.6 Å². The van der Waals surface area contributed by atoms with Crippen molar-refractivity contribution in [2.75, 3.05) is 33.7 Å². The Morgan fingerprint density at radius 2 is 2.11 bits per heavy atom. The molecule has 0 saturated carbocycles. The standard InChI is InChI=1S/C20H26F2N4O/c1-24(2)9-4-11-25-12-8-23-19(25)16-5-3-10-26(14-16)20(27)15-6-7-17(21)18(22)13-15/h6-8,12-13,16H,3-5,9-11,14H2,1-2H3/t16-/m1/s1. The monoisotopic (exact) mass is 376 g/mol. The topological polar surface area (TPSA) is 41.4 Å². The van der Waals surface area contributed by atoms with Crippen LogP contribution in [0.2, 0.25) is 0 Å². The van der Waals surface area contributed by atoms with Gasteiger partial charge in [-0.2, -0.15) is 0 Å². The van der Waals surface area contributed by atoms with E-state index in [2.05, 4.69) is 28.5 Å². The van der Waals surface area contributed by atoms with Crippen molar-refractivity contribution in [1.29, 1.82) is 0 Å². The zero-order chi connectivity index (χ0) is 19.4. The van der Waals surface area contributed by atoms with Gasteiger partial charge in [0.25, 0.3) is 5.91 Å². The second-order valence-corrected chi connectivity index (χ2v) is 7.35. The summed E-state index contributed by atoms with van der Waals surface area (Å²) in [6.07, 6.45) is 6.65. The van der Waals surface area contributed by atoms with Gasteiger partial charge in [-0.25, -0.2) is 13.8 Å².